The van der Waals surface area contributed by atoms with Crippen molar-refractivity contribution in [2.75, 3.05) is 0 Å². The van der Waals surface area contributed by atoms with Crippen LogP contribution in [0.1, 0.15) is 28.8 Å². The van der Waals surface area contributed by atoms with Crippen LogP contribution in [0.15, 0.2) is 18.2 Å². The first-order valence-electron chi connectivity index (χ1n) is 4.23. The Morgan fingerprint density at radius 2 is 2.15 bits per heavy atom. The van der Waals surface area contributed by atoms with Gasteiger partial charge in [-0.25, -0.2) is 0 Å². The van der Waals surface area contributed by atoms with Crippen molar-refractivity contribution in [3.63, 3.8) is 0 Å². The second-order valence-electron chi connectivity index (χ2n) is 3.55. The van der Waals surface area contributed by atoms with Gasteiger partial charge in [0.15, 0.2) is 0 Å². The van der Waals surface area contributed by atoms with E-state index in [2.05, 4.69) is 0 Å². The number of benzene rings is 1. The highest BCUT2D eigenvalue weighted by Crippen LogP contribution is 2.44. The highest BCUT2D eigenvalue weighted by atomic mass is 16.3. The summed E-state index contributed by atoms with van der Waals surface area (Å²) >= 11 is 0. The number of carbonyl (C=O) groups excluding carboxylic acids is 1. The van der Waals surface area contributed by atoms with Crippen molar-refractivity contribution in [3.05, 3.63) is 29.3 Å². The molecule has 3 N–H and O–H groups in total. The molecule has 2 rings (SSSR count). The number of hydrogen-bond donors (Lipinski definition) is 2. The summed E-state index contributed by atoms with van der Waals surface area (Å²) in [6.07, 6.45) is 2.55. The van der Waals surface area contributed by atoms with E-state index in [0.717, 1.165) is 24.7 Å². The Hall–Kier alpha value is -1.35. The molecule has 0 atom stereocenters. The first kappa shape index (κ1) is 8.26. The number of phenolic OH excluding ortho intramolecular Hbond substituents is 1. The molecule has 3 heteroatoms. The Bertz CT molecular complexity index is 356. The Labute approximate surface area is 76.2 Å². The highest BCUT2D eigenvalue weighted by Gasteiger charge is 2.41. The lowest BCUT2D eigenvalue weighted by Crippen LogP contribution is -2.20. The second kappa shape index (κ2) is 2.57. The maximum Gasteiger partial charge on any atom is 0.150 e. The van der Waals surface area contributed by atoms with Gasteiger partial charge in [-0.2, -0.15) is 0 Å². The first-order valence-corrected chi connectivity index (χ1v) is 4.23. The fourth-order valence-electron chi connectivity index (χ4n) is 1.48. The van der Waals surface area contributed by atoms with Crippen LogP contribution >= 0.6 is 0 Å². The van der Waals surface area contributed by atoms with Crippen molar-refractivity contribution >= 4 is 6.29 Å². The van der Waals surface area contributed by atoms with Gasteiger partial charge in [0.1, 0.15) is 12.0 Å². The SMILES string of the molecule is NC1(c2cc(O)ccc2C=O)CC1. The molecule has 0 amide bonds. The highest BCUT2D eigenvalue weighted by molar-refractivity contribution is 5.78. The summed E-state index contributed by atoms with van der Waals surface area (Å²) in [5, 5.41) is 9.25. The average Bonchev–Trinajstić information content (AvgIpc) is 2.85. The smallest absolute Gasteiger partial charge is 0.150 e. The monoisotopic (exact) mass is 177 g/mol. The molecule has 3 nitrogen and oxygen atoms in total. The molecular weight excluding hydrogens is 166 g/mol. The van der Waals surface area contributed by atoms with Crippen molar-refractivity contribution in [1.82, 2.24) is 0 Å². The molecule has 1 aliphatic carbocycles. The molecule has 1 saturated carbocycles. The normalized spacial score (nSPS) is 18.2. The third-order valence-electron chi connectivity index (χ3n) is 2.49. The topological polar surface area (TPSA) is 63.3 Å². The fourth-order valence-corrected chi connectivity index (χ4v) is 1.48. The van der Waals surface area contributed by atoms with E-state index in [9.17, 15) is 9.90 Å². The lowest BCUT2D eigenvalue weighted by Gasteiger charge is -2.11. The zero-order valence-electron chi connectivity index (χ0n) is 7.16. The van der Waals surface area contributed by atoms with E-state index in [1.807, 2.05) is 0 Å². The van der Waals surface area contributed by atoms with Gasteiger partial charge >= 0.3 is 0 Å². The van der Waals surface area contributed by atoms with Crippen LogP contribution in [0, 0.1) is 0 Å². The Morgan fingerprint density at radius 1 is 1.46 bits per heavy atom. The average molecular weight is 177 g/mol. The number of carbonyl (C=O) groups is 1. The molecule has 1 aromatic rings. The molecular formula is C10H11NO2. The van der Waals surface area contributed by atoms with E-state index in [1.54, 1.807) is 12.1 Å². The molecule has 1 aromatic carbocycles. The molecule has 1 aliphatic rings. The summed E-state index contributed by atoms with van der Waals surface area (Å²) in [4.78, 5) is 10.7. The predicted octanol–water partition coefficient (Wildman–Crippen LogP) is 1.15. The summed E-state index contributed by atoms with van der Waals surface area (Å²) in [5.74, 6) is 0.164. The minimum Gasteiger partial charge on any atom is -0.508 e. The van der Waals surface area contributed by atoms with Crippen LogP contribution in [0.5, 0.6) is 5.75 Å². The van der Waals surface area contributed by atoms with E-state index in [-0.39, 0.29) is 11.3 Å². The third-order valence-corrected chi connectivity index (χ3v) is 2.49. The number of aromatic hydroxyl groups is 1. The molecule has 0 aromatic heterocycles. The minimum absolute atomic E-state index is 0.164. The van der Waals surface area contributed by atoms with Crippen LogP contribution in [-0.4, -0.2) is 11.4 Å². The number of rotatable bonds is 2. The molecule has 0 aliphatic heterocycles. The fraction of sp³-hybridized carbons (Fsp3) is 0.300. The van der Waals surface area contributed by atoms with Crippen molar-refractivity contribution in [3.8, 4) is 5.75 Å². The number of aldehydes is 1. The van der Waals surface area contributed by atoms with E-state index in [4.69, 9.17) is 5.73 Å². The van der Waals surface area contributed by atoms with Gasteiger partial charge in [0.2, 0.25) is 0 Å². The Kier molecular flexibility index (Phi) is 1.63. The molecule has 0 heterocycles. The van der Waals surface area contributed by atoms with Crippen molar-refractivity contribution < 1.29 is 9.90 Å². The van der Waals surface area contributed by atoms with Gasteiger partial charge in [0.05, 0.1) is 0 Å². The summed E-state index contributed by atoms with van der Waals surface area (Å²) in [6, 6.07) is 4.68. The van der Waals surface area contributed by atoms with Crippen molar-refractivity contribution in [2.24, 2.45) is 5.73 Å². The maximum absolute atomic E-state index is 10.7. The van der Waals surface area contributed by atoms with Gasteiger partial charge in [-0.15, -0.1) is 0 Å². The van der Waals surface area contributed by atoms with Crippen LogP contribution in [0.2, 0.25) is 0 Å². The molecule has 1 fully saturated rings. The number of phenols is 1. The van der Waals surface area contributed by atoms with Gasteiger partial charge in [-0.05, 0) is 36.6 Å². The summed E-state index contributed by atoms with van der Waals surface area (Å²) in [6.45, 7) is 0. The van der Waals surface area contributed by atoms with Gasteiger partial charge in [-0.1, -0.05) is 0 Å². The lowest BCUT2D eigenvalue weighted by atomic mass is 9.99. The molecule has 0 saturated heterocycles. The van der Waals surface area contributed by atoms with Crippen molar-refractivity contribution in [1.29, 1.82) is 0 Å². The molecule has 13 heavy (non-hydrogen) atoms. The zero-order chi connectivity index (χ0) is 9.47. The van der Waals surface area contributed by atoms with Crippen LogP contribution < -0.4 is 5.73 Å². The van der Waals surface area contributed by atoms with Gasteiger partial charge in [0, 0.05) is 11.1 Å². The molecule has 68 valence electrons. The van der Waals surface area contributed by atoms with E-state index >= 15 is 0 Å². The van der Waals surface area contributed by atoms with Crippen LogP contribution in [-0.2, 0) is 5.54 Å². The zero-order valence-corrected chi connectivity index (χ0v) is 7.16. The number of nitrogens with two attached hydrogens (primary N) is 1. The summed E-state index contributed by atoms with van der Waals surface area (Å²) in [5.41, 5.74) is 6.92. The standard InChI is InChI=1S/C10H11NO2/c11-10(3-4-10)9-5-8(13)2-1-7(9)6-12/h1-2,5-6,13H,3-4,11H2. The third kappa shape index (κ3) is 1.31. The molecule has 0 bridgehead atoms. The van der Waals surface area contributed by atoms with Crippen LogP contribution in [0.25, 0.3) is 0 Å². The predicted molar refractivity (Wildman–Crippen MR) is 48.6 cm³/mol. The summed E-state index contributed by atoms with van der Waals surface area (Å²) in [7, 11) is 0. The van der Waals surface area contributed by atoms with E-state index < -0.39 is 0 Å². The first-order chi connectivity index (χ1) is 6.15. The van der Waals surface area contributed by atoms with Gasteiger partial charge in [0.25, 0.3) is 0 Å². The lowest BCUT2D eigenvalue weighted by molar-refractivity contribution is 0.112. The minimum atomic E-state index is -0.366. The molecule has 0 unspecified atom stereocenters. The molecule has 0 radical (unpaired) electrons. The van der Waals surface area contributed by atoms with E-state index in [0.29, 0.717) is 5.56 Å². The summed E-state index contributed by atoms with van der Waals surface area (Å²) < 4.78 is 0. The van der Waals surface area contributed by atoms with E-state index in [1.165, 1.54) is 6.07 Å². The second-order valence-corrected chi connectivity index (χ2v) is 3.55. The largest absolute Gasteiger partial charge is 0.508 e. The quantitative estimate of drug-likeness (QED) is 0.666. The van der Waals surface area contributed by atoms with Gasteiger partial charge in [-0.3, -0.25) is 4.79 Å². The van der Waals surface area contributed by atoms with Crippen molar-refractivity contribution in [2.45, 2.75) is 18.4 Å². The Morgan fingerprint density at radius 3 is 2.69 bits per heavy atom. The Balaban J connectivity index is 2.52. The van der Waals surface area contributed by atoms with Gasteiger partial charge < -0.3 is 10.8 Å². The van der Waals surface area contributed by atoms with Crippen LogP contribution in [0.3, 0.4) is 0 Å². The maximum atomic E-state index is 10.7. The van der Waals surface area contributed by atoms with Crippen LogP contribution in [0.4, 0.5) is 0 Å². The molecule has 0 spiro atoms. The number of hydrogen-bond acceptors (Lipinski definition) is 3.